The van der Waals surface area contributed by atoms with E-state index in [4.69, 9.17) is 16.3 Å². The van der Waals surface area contributed by atoms with Crippen LogP contribution >= 0.6 is 23.4 Å². The predicted molar refractivity (Wildman–Crippen MR) is 49.5 cm³/mol. The zero-order chi connectivity index (χ0) is 8.97. The van der Waals surface area contributed by atoms with Crippen molar-refractivity contribution in [1.82, 2.24) is 9.97 Å². The van der Waals surface area contributed by atoms with Gasteiger partial charge in [0.15, 0.2) is 5.82 Å². The summed E-state index contributed by atoms with van der Waals surface area (Å²) >= 11 is 7.28. The third-order valence-electron chi connectivity index (χ3n) is 1.20. The van der Waals surface area contributed by atoms with E-state index in [9.17, 15) is 0 Å². The Morgan fingerprint density at radius 3 is 2.92 bits per heavy atom. The molecule has 1 aromatic heterocycles. The molecule has 0 N–H and O–H groups in total. The van der Waals surface area contributed by atoms with E-state index < -0.39 is 0 Å². The highest BCUT2D eigenvalue weighted by Gasteiger charge is 2.01. The number of hydrogen-bond acceptors (Lipinski definition) is 4. The molecule has 0 bridgehead atoms. The first-order chi connectivity index (χ1) is 5.76. The molecular weight excluding hydrogens is 196 g/mol. The van der Waals surface area contributed by atoms with Gasteiger partial charge in [0.05, 0.1) is 0 Å². The Morgan fingerprint density at radius 2 is 2.33 bits per heavy atom. The Bertz CT molecular complexity index is 270. The number of ether oxygens (including phenoxy) is 1. The van der Waals surface area contributed by atoms with Crippen molar-refractivity contribution in [2.24, 2.45) is 0 Å². The van der Waals surface area contributed by atoms with Gasteiger partial charge < -0.3 is 4.74 Å². The van der Waals surface area contributed by atoms with E-state index in [-0.39, 0.29) is 0 Å². The SMILES string of the molecule is COCc1nc(Cl)cc(SC)n1. The molecule has 0 atom stereocenters. The summed E-state index contributed by atoms with van der Waals surface area (Å²) in [4.78, 5) is 8.17. The fourth-order valence-electron chi connectivity index (χ4n) is 0.740. The van der Waals surface area contributed by atoms with E-state index in [1.54, 1.807) is 13.2 Å². The van der Waals surface area contributed by atoms with E-state index in [1.165, 1.54) is 11.8 Å². The van der Waals surface area contributed by atoms with Crippen molar-refractivity contribution < 1.29 is 4.74 Å². The van der Waals surface area contributed by atoms with E-state index in [0.29, 0.717) is 17.6 Å². The van der Waals surface area contributed by atoms with E-state index >= 15 is 0 Å². The monoisotopic (exact) mass is 204 g/mol. The summed E-state index contributed by atoms with van der Waals surface area (Å²) < 4.78 is 4.89. The van der Waals surface area contributed by atoms with Gasteiger partial charge in [-0.1, -0.05) is 11.6 Å². The minimum Gasteiger partial charge on any atom is -0.377 e. The third kappa shape index (κ3) is 2.62. The molecule has 1 aromatic rings. The first kappa shape index (κ1) is 9.77. The lowest BCUT2D eigenvalue weighted by molar-refractivity contribution is 0.177. The van der Waals surface area contributed by atoms with Gasteiger partial charge in [0.1, 0.15) is 16.8 Å². The molecule has 0 saturated heterocycles. The van der Waals surface area contributed by atoms with Crippen LogP contribution in [0.2, 0.25) is 5.15 Å². The molecule has 0 spiro atoms. The number of methoxy groups -OCH3 is 1. The van der Waals surface area contributed by atoms with Gasteiger partial charge in [0.2, 0.25) is 0 Å². The highest BCUT2D eigenvalue weighted by atomic mass is 35.5. The van der Waals surface area contributed by atoms with Crippen LogP contribution in [0.4, 0.5) is 0 Å². The second-order valence-electron chi connectivity index (χ2n) is 2.08. The van der Waals surface area contributed by atoms with Crippen molar-refractivity contribution in [2.75, 3.05) is 13.4 Å². The van der Waals surface area contributed by atoms with Crippen molar-refractivity contribution in [2.45, 2.75) is 11.6 Å². The molecule has 0 aliphatic heterocycles. The molecule has 0 radical (unpaired) electrons. The molecule has 0 aliphatic rings. The lowest BCUT2D eigenvalue weighted by atomic mass is 10.6. The number of rotatable bonds is 3. The topological polar surface area (TPSA) is 35.0 Å². The molecule has 0 saturated carbocycles. The van der Waals surface area contributed by atoms with Gasteiger partial charge in [0, 0.05) is 13.2 Å². The smallest absolute Gasteiger partial charge is 0.156 e. The second kappa shape index (κ2) is 4.64. The van der Waals surface area contributed by atoms with Gasteiger partial charge in [-0.05, 0) is 6.26 Å². The molecule has 0 aromatic carbocycles. The summed E-state index contributed by atoms with van der Waals surface area (Å²) in [5.74, 6) is 0.620. The largest absolute Gasteiger partial charge is 0.377 e. The Labute approximate surface area is 80.5 Å². The van der Waals surface area contributed by atoms with Gasteiger partial charge in [-0.2, -0.15) is 0 Å². The van der Waals surface area contributed by atoms with E-state index in [1.807, 2.05) is 6.26 Å². The molecule has 3 nitrogen and oxygen atoms in total. The molecule has 5 heteroatoms. The molecule has 1 rings (SSSR count). The fourth-order valence-corrected chi connectivity index (χ4v) is 1.43. The summed E-state index contributed by atoms with van der Waals surface area (Å²) in [6, 6.07) is 1.73. The van der Waals surface area contributed by atoms with Crippen molar-refractivity contribution in [1.29, 1.82) is 0 Å². The van der Waals surface area contributed by atoms with E-state index in [0.717, 1.165) is 5.03 Å². The predicted octanol–water partition coefficient (Wildman–Crippen LogP) is 2.00. The highest BCUT2D eigenvalue weighted by Crippen LogP contribution is 2.15. The molecule has 0 aliphatic carbocycles. The second-order valence-corrected chi connectivity index (χ2v) is 3.30. The Morgan fingerprint density at radius 1 is 1.58 bits per heavy atom. The number of aromatic nitrogens is 2. The number of nitrogens with zero attached hydrogens (tertiary/aromatic N) is 2. The minimum absolute atomic E-state index is 0.397. The normalized spacial score (nSPS) is 10.2. The van der Waals surface area contributed by atoms with Crippen LogP contribution in [-0.2, 0) is 11.3 Å². The molecule has 12 heavy (non-hydrogen) atoms. The van der Waals surface area contributed by atoms with Crippen LogP contribution in [0.25, 0.3) is 0 Å². The van der Waals surface area contributed by atoms with Crippen LogP contribution in [0.3, 0.4) is 0 Å². The average molecular weight is 205 g/mol. The summed E-state index contributed by atoms with van der Waals surface area (Å²) in [7, 11) is 1.60. The lowest BCUT2D eigenvalue weighted by Crippen LogP contribution is -1.97. The number of hydrogen-bond donors (Lipinski definition) is 0. The Hall–Kier alpha value is -0.320. The summed E-state index contributed by atoms with van der Waals surface area (Å²) in [6.07, 6.45) is 1.94. The quantitative estimate of drug-likeness (QED) is 0.557. The van der Waals surface area contributed by atoms with Crippen LogP contribution in [0.15, 0.2) is 11.1 Å². The van der Waals surface area contributed by atoms with Crippen molar-refractivity contribution in [3.63, 3.8) is 0 Å². The Kier molecular flexibility index (Phi) is 3.78. The molecule has 66 valence electrons. The van der Waals surface area contributed by atoms with Crippen LogP contribution in [0, 0.1) is 0 Å². The summed E-state index contributed by atoms with van der Waals surface area (Å²) in [5.41, 5.74) is 0. The van der Waals surface area contributed by atoms with Crippen molar-refractivity contribution in [3.05, 3.63) is 17.0 Å². The standard InChI is InChI=1S/C7H9ClN2OS/c1-11-4-6-9-5(8)3-7(10-6)12-2/h3H,4H2,1-2H3. The zero-order valence-electron chi connectivity index (χ0n) is 6.87. The molecule has 0 unspecified atom stereocenters. The van der Waals surface area contributed by atoms with Gasteiger partial charge in [-0.3, -0.25) is 0 Å². The highest BCUT2D eigenvalue weighted by molar-refractivity contribution is 7.98. The maximum atomic E-state index is 5.74. The first-order valence-corrected chi connectivity index (χ1v) is 4.93. The molecule has 0 fully saturated rings. The lowest BCUT2D eigenvalue weighted by Gasteiger charge is -2.00. The molecule has 1 heterocycles. The fraction of sp³-hybridized carbons (Fsp3) is 0.429. The first-order valence-electron chi connectivity index (χ1n) is 3.32. The van der Waals surface area contributed by atoms with Gasteiger partial charge in [-0.15, -0.1) is 11.8 Å². The summed E-state index contributed by atoms with van der Waals surface area (Å²) in [5, 5.41) is 1.32. The van der Waals surface area contributed by atoms with Gasteiger partial charge >= 0.3 is 0 Å². The molecular formula is C7H9ClN2OS. The van der Waals surface area contributed by atoms with Crippen LogP contribution in [0.5, 0.6) is 0 Å². The average Bonchev–Trinajstić information content (AvgIpc) is 2.04. The zero-order valence-corrected chi connectivity index (χ0v) is 8.45. The van der Waals surface area contributed by atoms with Crippen LogP contribution in [0.1, 0.15) is 5.82 Å². The third-order valence-corrected chi connectivity index (χ3v) is 2.02. The van der Waals surface area contributed by atoms with Gasteiger partial charge in [0.25, 0.3) is 0 Å². The van der Waals surface area contributed by atoms with Crippen LogP contribution < -0.4 is 0 Å². The Balaban J connectivity index is 2.90. The maximum Gasteiger partial charge on any atom is 0.156 e. The van der Waals surface area contributed by atoms with Crippen molar-refractivity contribution >= 4 is 23.4 Å². The molecule has 0 amide bonds. The maximum absolute atomic E-state index is 5.74. The summed E-state index contributed by atoms with van der Waals surface area (Å²) in [6.45, 7) is 0.397. The van der Waals surface area contributed by atoms with Crippen LogP contribution in [-0.4, -0.2) is 23.3 Å². The minimum atomic E-state index is 0.397. The van der Waals surface area contributed by atoms with Gasteiger partial charge in [-0.25, -0.2) is 9.97 Å². The van der Waals surface area contributed by atoms with Crippen molar-refractivity contribution in [3.8, 4) is 0 Å². The number of thioether (sulfide) groups is 1. The van der Waals surface area contributed by atoms with E-state index in [2.05, 4.69) is 9.97 Å². The number of halogens is 1.